The lowest BCUT2D eigenvalue weighted by Gasteiger charge is -2.21. The zero-order valence-electron chi connectivity index (χ0n) is 9.48. The Bertz CT molecular complexity index is 420. The van der Waals surface area contributed by atoms with Gasteiger partial charge in [0.15, 0.2) is 6.39 Å². The largest absolute Gasteiger partial charge is 0.447 e. The van der Waals surface area contributed by atoms with Crippen LogP contribution in [0.2, 0.25) is 0 Å². The van der Waals surface area contributed by atoms with Crippen molar-refractivity contribution in [3.05, 3.63) is 17.8 Å². The fraction of sp³-hybridized carbons (Fsp3) is 0.700. The van der Waals surface area contributed by atoms with Gasteiger partial charge in [0.05, 0.1) is 5.69 Å². The number of oxazole rings is 1. The van der Waals surface area contributed by atoms with Crippen molar-refractivity contribution in [2.24, 2.45) is 0 Å². The van der Waals surface area contributed by atoms with E-state index in [9.17, 15) is 26.3 Å². The number of alkyl halides is 6. The molecule has 0 radical (unpaired) electrons. The van der Waals surface area contributed by atoms with Crippen molar-refractivity contribution in [3.63, 3.8) is 0 Å². The normalized spacial score (nSPS) is 17.2. The van der Waals surface area contributed by atoms with Crippen molar-refractivity contribution in [3.8, 4) is 0 Å². The van der Waals surface area contributed by atoms with Crippen LogP contribution in [0.3, 0.4) is 0 Å². The lowest BCUT2D eigenvalue weighted by molar-refractivity contribution is -0.257. The minimum absolute atomic E-state index is 0.139. The van der Waals surface area contributed by atoms with Gasteiger partial charge in [-0.25, -0.2) is 4.98 Å². The van der Waals surface area contributed by atoms with Gasteiger partial charge < -0.3 is 9.73 Å². The predicted molar refractivity (Wildman–Crippen MR) is 51.2 cm³/mol. The molecule has 1 aromatic rings. The summed E-state index contributed by atoms with van der Waals surface area (Å²) in [5, 5.41) is 2.80. The Labute approximate surface area is 104 Å². The van der Waals surface area contributed by atoms with E-state index in [2.05, 4.69) is 14.7 Å². The summed E-state index contributed by atoms with van der Waals surface area (Å²) >= 11 is 0. The molecule has 19 heavy (non-hydrogen) atoms. The molecule has 9 heteroatoms. The molecule has 0 unspecified atom stereocenters. The molecule has 1 N–H and O–H groups in total. The number of aromatic nitrogens is 1. The molecule has 0 atom stereocenters. The van der Waals surface area contributed by atoms with Gasteiger partial charge in [-0.1, -0.05) is 0 Å². The monoisotopic (exact) mass is 288 g/mol. The first-order chi connectivity index (χ1) is 8.69. The first kappa shape index (κ1) is 14.2. The average Bonchev–Trinajstić information content (AvgIpc) is 2.93. The van der Waals surface area contributed by atoms with Crippen LogP contribution in [-0.2, 0) is 6.54 Å². The molecule has 1 aliphatic rings. The molecule has 0 amide bonds. The highest BCUT2D eigenvalue weighted by molar-refractivity contribution is 5.17. The third-order valence-corrected chi connectivity index (χ3v) is 2.73. The van der Waals surface area contributed by atoms with Crippen LogP contribution < -0.4 is 5.32 Å². The molecular formula is C10H10F6N2O. The van der Waals surface area contributed by atoms with Crippen LogP contribution in [0.4, 0.5) is 26.3 Å². The second kappa shape index (κ2) is 4.69. The molecule has 1 aliphatic carbocycles. The number of nitrogens with zero attached hydrogens (tertiary/aromatic N) is 1. The molecule has 1 aromatic heterocycles. The van der Waals surface area contributed by atoms with E-state index in [1.807, 2.05) is 0 Å². The highest BCUT2D eigenvalue weighted by atomic mass is 19.4. The summed E-state index contributed by atoms with van der Waals surface area (Å²) in [4.78, 5) is 3.43. The second-order valence-electron chi connectivity index (χ2n) is 4.33. The van der Waals surface area contributed by atoms with E-state index >= 15 is 0 Å². The average molecular weight is 288 g/mol. The second-order valence-corrected chi connectivity index (χ2v) is 4.33. The van der Waals surface area contributed by atoms with Gasteiger partial charge in [0.25, 0.3) is 0 Å². The van der Waals surface area contributed by atoms with Gasteiger partial charge in [-0.3, -0.25) is 0 Å². The SMILES string of the molecule is FC(F)(F)C(c1ocnc1CNC1CC1)C(F)(F)F. The van der Waals surface area contributed by atoms with Crippen LogP contribution >= 0.6 is 0 Å². The Morgan fingerprint density at radius 3 is 2.26 bits per heavy atom. The van der Waals surface area contributed by atoms with Crippen molar-refractivity contribution >= 4 is 0 Å². The molecule has 108 valence electrons. The quantitative estimate of drug-likeness (QED) is 0.865. The Morgan fingerprint density at radius 2 is 1.79 bits per heavy atom. The van der Waals surface area contributed by atoms with Crippen LogP contribution in [-0.4, -0.2) is 23.4 Å². The molecule has 0 aliphatic heterocycles. The summed E-state index contributed by atoms with van der Waals surface area (Å²) in [5.41, 5.74) is -0.355. The number of nitrogens with one attached hydrogen (secondary N) is 1. The van der Waals surface area contributed by atoms with Crippen molar-refractivity contribution in [2.45, 2.75) is 43.7 Å². The van der Waals surface area contributed by atoms with E-state index in [0.717, 1.165) is 12.8 Å². The van der Waals surface area contributed by atoms with E-state index in [4.69, 9.17) is 0 Å². The molecule has 1 heterocycles. The maximum Gasteiger partial charge on any atom is 0.407 e. The first-order valence-electron chi connectivity index (χ1n) is 5.48. The summed E-state index contributed by atoms with van der Waals surface area (Å²) in [7, 11) is 0. The third-order valence-electron chi connectivity index (χ3n) is 2.73. The molecular weight excluding hydrogens is 278 g/mol. The zero-order valence-corrected chi connectivity index (χ0v) is 9.48. The standard InChI is InChI=1S/C10H10F6N2O/c11-9(12,13)8(10(14,15)16)7-6(18-4-19-7)3-17-5-1-2-5/h4-5,8,17H,1-3H2. The maximum atomic E-state index is 12.5. The van der Waals surface area contributed by atoms with Crippen molar-refractivity contribution in [1.82, 2.24) is 10.3 Å². The maximum absolute atomic E-state index is 12.5. The molecule has 1 saturated carbocycles. The van der Waals surface area contributed by atoms with E-state index < -0.39 is 24.0 Å². The Balaban J connectivity index is 2.23. The van der Waals surface area contributed by atoms with Crippen LogP contribution in [0.25, 0.3) is 0 Å². The van der Waals surface area contributed by atoms with Crippen LogP contribution in [0.1, 0.15) is 30.2 Å². The number of rotatable bonds is 4. The summed E-state index contributed by atoms with van der Waals surface area (Å²) in [6, 6.07) is 0.139. The summed E-state index contributed by atoms with van der Waals surface area (Å²) < 4.78 is 79.6. The Morgan fingerprint density at radius 1 is 1.21 bits per heavy atom. The Kier molecular flexibility index (Phi) is 3.50. The van der Waals surface area contributed by atoms with Gasteiger partial charge in [0.1, 0.15) is 5.76 Å². The van der Waals surface area contributed by atoms with E-state index in [1.54, 1.807) is 0 Å². The van der Waals surface area contributed by atoms with Gasteiger partial charge in [-0.15, -0.1) is 0 Å². The molecule has 0 saturated heterocycles. The lowest BCUT2D eigenvalue weighted by Crippen LogP contribution is -2.35. The van der Waals surface area contributed by atoms with Crippen molar-refractivity contribution in [1.29, 1.82) is 0 Å². The fourth-order valence-corrected chi connectivity index (χ4v) is 1.66. The summed E-state index contributed by atoms with van der Waals surface area (Å²) in [6.45, 7) is -0.167. The van der Waals surface area contributed by atoms with Gasteiger partial charge in [0, 0.05) is 12.6 Å². The van der Waals surface area contributed by atoms with E-state index in [-0.39, 0.29) is 18.3 Å². The number of hydrogen-bond acceptors (Lipinski definition) is 3. The molecule has 3 nitrogen and oxygen atoms in total. The van der Waals surface area contributed by atoms with Crippen LogP contribution in [0.15, 0.2) is 10.8 Å². The third kappa shape index (κ3) is 3.40. The van der Waals surface area contributed by atoms with Crippen molar-refractivity contribution in [2.75, 3.05) is 0 Å². The summed E-state index contributed by atoms with van der Waals surface area (Å²) in [6.07, 6.45) is -8.62. The fourth-order valence-electron chi connectivity index (χ4n) is 1.66. The molecule has 0 aromatic carbocycles. The van der Waals surface area contributed by atoms with Crippen LogP contribution in [0, 0.1) is 0 Å². The first-order valence-corrected chi connectivity index (χ1v) is 5.48. The smallest absolute Gasteiger partial charge is 0.407 e. The highest BCUT2D eigenvalue weighted by Gasteiger charge is 2.60. The van der Waals surface area contributed by atoms with Crippen LogP contribution in [0.5, 0.6) is 0 Å². The Hall–Kier alpha value is -1.25. The molecule has 1 fully saturated rings. The van der Waals surface area contributed by atoms with E-state index in [0.29, 0.717) is 6.39 Å². The van der Waals surface area contributed by atoms with Gasteiger partial charge in [-0.05, 0) is 12.8 Å². The van der Waals surface area contributed by atoms with Gasteiger partial charge in [0.2, 0.25) is 5.92 Å². The minimum Gasteiger partial charge on any atom is -0.447 e. The zero-order chi connectivity index (χ0) is 14.3. The van der Waals surface area contributed by atoms with Gasteiger partial charge >= 0.3 is 12.4 Å². The van der Waals surface area contributed by atoms with Gasteiger partial charge in [-0.2, -0.15) is 26.3 Å². The number of halogens is 6. The highest BCUT2D eigenvalue weighted by Crippen LogP contribution is 2.47. The molecule has 0 spiro atoms. The summed E-state index contributed by atoms with van der Waals surface area (Å²) in [5.74, 6) is -4.83. The van der Waals surface area contributed by atoms with E-state index in [1.165, 1.54) is 0 Å². The number of hydrogen-bond donors (Lipinski definition) is 1. The van der Waals surface area contributed by atoms with Crippen molar-refractivity contribution < 1.29 is 30.8 Å². The predicted octanol–water partition coefficient (Wildman–Crippen LogP) is 3.13. The molecule has 0 bridgehead atoms. The minimum atomic E-state index is -5.47. The lowest BCUT2D eigenvalue weighted by atomic mass is 10.0. The molecule has 2 rings (SSSR count). The topological polar surface area (TPSA) is 38.1 Å².